The highest BCUT2D eigenvalue weighted by Gasteiger charge is 2.59. The van der Waals surface area contributed by atoms with Crippen LogP contribution in [0.25, 0.3) is 0 Å². The number of carboxylic acids is 1. The Morgan fingerprint density at radius 1 is 1.62 bits per heavy atom. The van der Waals surface area contributed by atoms with Gasteiger partial charge in [0.2, 0.25) is 0 Å². The van der Waals surface area contributed by atoms with Crippen molar-refractivity contribution in [2.24, 2.45) is 23.2 Å². The summed E-state index contributed by atoms with van der Waals surface area (Å²) in [5.74, 6) is -0.357. The molecule has 1 saturated carbocycles. The Morgan fingerprint density at radius 2 is 2.15 bits per heavy atom. The molecule has 0 heterocycles. The third kappa shape index (κ3) is 1.74. The third-order valence-corrected chi connectivity index (χ3v) is 3.31. The number of hydrogen-bond donors (Lipinski definition) is 1. The van der Waals surface area contributed by atoms with Crippen molar-refractivity contribution in [1.82, 2.24) is 0 Å². The summed E-state index contributed by atoms with van der Waals surface area (Å²) in [6.45, 7) is 5.93. The fraction of sp³-hybridized carbons (Fsp3) is 0.800. The number of rotatable bonds is 4. The molecule has 0 aromatic carbocycles. The van der Waals surface area contributed by atoms with Gasteiger partial charge in [0.1, 0.15) is 6.29 Å². The molecule has 3 unspecified atom stereocenters. The molecule has 0 amide bonds. The van der Waals surface area contributed by atoms with Gasteiger partial charge in [0.05, 0.1) is 0 Å². The Bertz CT molecular complexity index is 232. The second kappa shape index (κ2) is 3.13. The zero-order valence-corrected chi connectivity index (χ0v) is 8.28. The van der Waals surface area contributed by atoms with E-state index in [1.165, 1.54) is 0 Å². The lowest BCUT2D eigenvalue weighted by Gasteiger charge is -2.03. The quantitative estimate of drug-likeness (QED) is 0.675. The van der Waals surface area contributed by atoms with Gasteiger partial charge in [-0.3, -0.25) is 4.79 Å². The van der Waals surface area contributed by atoms with Gasteiger partial charge in [0.25, 0.3) is 0 Å². The number of aldehydes is 1. The van der Waals surface area contributed by atoms with Crippen LogP contribution in [0.3, 0.4) is 0 Å². The summed E-state index contributed by atoms with van der Waals surface area (Å²) in [5.41, 5.74) is 0.0265. The Morgan fingerprint density at radius 3 is 2.54 bits per heavy atom. The average molecular weight is 184 g/mol. The van der Waals surface area contributed by atoms with Crippen LogP contribution < -0.4 is 0 Å². The summed E-state index contributed by atoms with van der Waals surface area (Å²) in [4.78, 5) is 21.1. The van der Waals surface area contributed by atoms with Crippen LogP contribution in [0, 0.1) is 23.2 Å². The summed E-state index contributed by atoms with van der Waals surface area (Å²) in [5, 5.41) is 8.64. The Balaban J connectivity index is 2.60. The SMILES string of the molecule is CC(C=O)C1C(CC(=O)O)C1(C)C. The predicted octanol–water partition coefficient (Wildman–Crippen LogP) is 1.57. The van der Waals surface area contributed by atoms with Crippen molar-refractivity contribution in [3.8, 4) is 0 Å². The van der Waals surface area contributed by atoms with Crippen molar-refractivity contribution < 1.29 is 14.7 Å². The van der Waals surface area contributed by atoms with E-state index in [-0.39, 0.29) is 29.6 Å². The highest BCUT2D eigenvalue weighted by molar-refractivity contribution is 5.68. The zero-order valence-electron chi connectivity index (χ0n) is 8.28. The van der Waals surface area contributed by atoms with Crippen LogP contribution in [0.4, 0.5) is 0 Å². The van der Waals surface area contributed by atoms with Crippen molar-refractivity contribution in [2.45, 2.75) is 27.2 Å². The lowest BCUT2D eigenvalue weighted by molar-refractivity contribution is -0.137. The van der Waals surface area contributed by atoms with Crippen LogP contribution in [0.5, 0.6) is 0 Å². The lowest BCUT2D eigenvalue weighted by atomic mass is 10.0. The van der Waals surface area contributed by atoms with Gasteiger partial charge in [-0.2, -0.15) is 0 Å². The van der Waals surface area contributed by atoms with Crippen LogP contribution in [0.2, 0.25) is 0 Å². The maximum atomic E-state index is 10.6. The van der Waals surface area contributed by atoms with Crippen LogP contribution in [0.15, 0.2) is 0 Å². The normalized spacial score (nSPS) is 32.2. The standard InChI is InChI=1S/C10H16O3/c1-6(5-11)9-7(4-8(12)13)10(9,2)3/h5-7,9H,4H2,1-3H3,(H,12,13). The molecule has 0 aromatic heterocycles. The summed E-state index contributed by atoms with van der Waals surface area (Å²) in [7, 11) is 0. The number of aliphatic carboxylic acids is 1. The topological polar surface area (TPSA) is 54.4 Å². The van der Waals surface area contributed by atoms with Crippen LogP contribution in [-0.4, -0.2) is 17.4 Å². The fourth-order valence-electron chi connectivity index (χ4n) is 2.49. The number of carbonyl (C=O) groups is 2. The second-order valence-corrected chi connectivity index (χ2v) is 4.55. The molecule has 0 spiro atoms. The molecule has 1 rings (SSSR count). The molecule has 3 atom stereocenters. The van der Waals surface area contributed by atoms with Crippen molar-refractivity contribution in [3.63, 3.8) is 0 Å². The van der Waals surface area contributed by atoms with E-state index < -0.39 is 5.97 Å². The maximum Gasteiger partial charge on any atom is 0.303 e. The molecule has 1 aliphatic carbocycles. The highest BCUT2D eigenvalue weighted by Crippen LogP contribution is 2.62. The predicted molar refractivity (Wildman–Crippen MR) is 48.2 cm³/mol. The molecule has 0 bridgehead atoms. The number of hydrogen-bond acceptors (Lipinski definition) is 2. The minimum absolute atomic E-state index is 0.0145. The van der Waals surface area contributed by atoms with Crippen LogP contribution >= 0.6 is 0 Å². The summed E-state index contributed by atoms with van der Waals surface area (Å²) in [6.07, 6.45) is 1.12. The molecule has 3 heteroatoms. The number of carbonyl (C=O) groups excluding carboxylic acids is 1. The van der Waals surface area contributed by atoms with E-state index >= 15 is 0 Å². The zero-order chi connectivity index (χ0) is 10.2. The van der Waals surface area contributed by atoms with Crippen molar-refractivity contribution in [3.05, 3.63) is 0 Å². The highest BCUT2D eigenvalue weighted by atomic mass is 16.4. The summed E-state index contributed by atoms with van der Waals surface area (Å²) in [6, 6.07) is 0. The van der Waals surface area contributed by atoms with E-state index in [4.69, 9.17) is 5.11 Å². The van der Waals surface area contributed by atoms with Gasteiger partial charge < -0.3 is 9.90 Å². The van der Waals surface area contributed by atoms with E-state index in [2.05, 4.69) is 0 Å². The molecule has 0 radical (unpaired) electrons. The molecule has 3 nitrogen and oxygen atoms in total. The van der Waals surface area contributed by atoms with Crippen molar-refractivity contribution in [2.75, 3.05) is 0 Å². The first-order valence-electron chi connectivity index (χ1n) is 4.58. The van der Waals surface area contributed by atoms with E-state index in [9.17, 15) is 9.59 Å². The Kier molecular flexibility index (Phi) is 2.46. The van der Waals surface area contributed by atoms with Gasteiger partial charge in [0, 0.05) is 12.3 Å². The van der Waals surface area contributed by atoms with Crippen LogP contribution in [0.1, 0.15) is 27.2 Å². The fourth-order valence-corrected chi connectivity index (χ4v) is 2.49. The molecule has 1 aliphatic rings. The minimum atomic E-state index is -0.765. The maximum absolute atomic E-state index is 10.6. The van der Waals surface area contributed by atoms with Gasteiger partial charge in [-0.25, -0.2) is 0 Å². The van der Waals surface area contributed by atoms with Gasteiger partial charge >= 0.3 is 5.97 Å². The number of carboxylic acid groups (broad SMARTS) is 1. The molecule has 0 saturated heterocycles. The molecular formula is C10H16O3. The summed E-state index contributed by atoms with van der Waals surface area (Å²) >= 11 is 0. The van der Waals surface area contributed by atoms with E-state index in [1.54, 1.807) is 0 Å². The second-order valence-electron chi connectivity index (χ2n) is 4.55. The smallest absolute Gasteiger partial charge is 0.303 e. The van der Waals surface area contributed by atoms with E-state index in [0.29, 0.717) is 0 Å². The molecule has 1 fully saturated rings. The molecule has 13 heavy (non-hydrogen) atoms. The molecule has 0 aliphatic heterocycles. The average Bonchev–Trinajstić information content (AvgIpc) is 2.51. The monoisotopic (exact) mass is 184 g/mol. The summed E-state index contributed by atoms with van der Waals surface area (Å²) < 4.78 is 0. The van der Waals surface area contributed by atoms with Crippen LogP contribution in [-0.2, 0) is 9.59 Å². The van der Waals surface area contributed by atoms with Crippen molar-refractivity contribution in [1.29, 1.82) is 0 Å². The Labute approximate surface area is 78.1 Å². The van der Waals surface area contributed by atoms with Gasteiger partial charge in [-0.1, -0.05) is 20.8 Å². The molecule has 0 aromatic rings. The third-order valence-electron chi connectivity index (χ3n) is 3.31. The largest absolute Gasteiger partial charge is 0.481 e. The van der Waals surface area contributed by atoms with Gasteiger partial charge in [0.15, 0.2) is 0 Å². The lowest BCUT2D eigenvalue weighted by Crippen LogP contribution is -2.04. The first-order valence-corrected chi connectivity index (χ1v) is 4.58. The van der Waals surface area contributed by atoms with E-state index in [0.717, 1.165) is 6.29 Å². The van der Waals surface area contributed by atoms with E-state index in [1.807, 2.05) is 20.8 Å². The van der Waals surface area contributed by atoms with Gasteiger partial charge in [-0.15, -0.1) is 0 Å². The first kappa shape index (κ1) is 10.2. The minimum Gasteiger partial charge on any atom is -0.481 e. The molecule has 74 valence electrons. The van der Waals surface area contributed by atoms with Gasteiger partial charge in [-0.05, 0) is 17.3 Å². The first-order chi connectivity index (χ1) is 5.91. The Hall–Kier alpha value is -0.860. The molecular weight excluding hydrogens is 168 g/mol. The van der Waals surface area contributed by atoms with Crippen molar-refractivity contribution >= 4 is 12.3 Å². The molecule has 1 N–H and O–H groups in total.